The van der Waals surface area contributed by atoms with Crippen molar-refractivity contribution >= 4 is 17.3 Å². The average Bonchev–Trinajstić information content (AvgIpc) is 2.08. The molecular weight excluding hydrogens is 178 g/mol. The first-order valence-corrected chi connectivity index (χ1v) is 4.35. The lowest BCUT2D eigenvalue weighted by atomic mass is 9.99. The fraction of sp³-hybridized carbons (Fsp3) is 0.273. The third-order valence-corrected chi connectivity index (χ3v) is 2.23. The maximum Gasteiger partial charge on any atom is 0.160 e. The summed E-state index contributed by atoms with van der Waals surface area (Å²) in [6.45, 7) is 4.69. The molecule has 2 N–H and O–H groups in total. The zero-order valence-electron chi connectivity index (χ0n) is 8.55. The second-order valence-corrected chi connectivity index (χ2v) is 3.35. The summed E-state index contributed by atoms with van der Waals surface area (Å²) in [5.41, 5.74) is 7.93. The van der Waals surface area contributed by atoms with Crippen LogP contribution in [-0.2, 0) is 0 Å². The molecule has 0 radical (unpaired) electrons. The number of nitrogens with two attached hydrogens (primary N) is 1. The third-order valence-electron chi connectivity index (χ3n) is 2.23. The Labute approximate surface area is 82.9 Å². The fourth-order valence-corrected chi connectivity index (χ4v) is 1.31. The van der Waals surface area contributed by atoms with E-state index in [1.807, 2.05) is 0 Å². The lowest BCUT2D eigenvalue weighted by Crippen LogP contribution is -2.04. The molecule has 1 aromatic carbocycles. The predicted molar refractivity (Wildman–Crippen MR) is 55.6 cm³/mol. The normalized spacial score (nSPS) is 9.93. The molecule has 0 amide bonds. The summed E-state index contributed by atoms with van der Waals surface area (Å²) in [5, 5.41) is 0. The largest absolute Gasteiger partial charge is 0.398 e. The van der Waals surface area contributed by atoms with Crippen LogP contribution in [0.3, 0.4) is 0 Å². The Morgan fingerprint density at radius 1 is 1.14 bits per heavy atom. The number of benzene rings is 1. The smallest absolute Gasteiger partial charge is 0.160 e. The molecule has 1 aromatic rings. The first kappa shape index (κ1) is 10.4. The van der Waals surface area contributed by atoms with E-state index in [0.29, 0.717) is 16.8 Å². The molecule has 0 heterocycles. The van der Waals surface area contributed by atoms with Crippen molar-refractivity contribution in [3.05, 3.63) is 28.8 Å². The van der Waals surface area contributed by atoms with Gasteiger partial charge in [0.2, 0.25) is 0 Å². The predicted octanol–water partition coefficient (Wildman–Crippen LogP) is 1.98. The SMILES string of the molecule is CC(=O)c1cc(N)c(C)c(C(C)=O)c1. The van der Waals surface area contributed by atoms with Gasteiger partial charge in [-0.2, -0.15) is 0 Å². The van der Waals surface area contributed by atoms with E-state index in [2.05, 4.69) is 0 Å². The minimum Gasteiger partial charge on any atom is -0.398 e. The van der Waals surface area contributed by atoms with Crippen LogP contribution in [0.2, 0.25) is 0 Å². The van der Waals surface area contributed by atoms with Crippen molar-refractivity contribution in [3.63, 3.8) is 0 Å². The molecular formula is C11H13NO2. The second-order valence-electron chi connectivity index (χ2n) is 3.35. The van der Waals surface area contributed by atoms with Crippen molar-refractivity contribution in [1.82, 2.24) is 0 Å². The van der Waals surface area contributed by atoms with E-state index < -0.39 is 0 Å². The molecule has 0 atom stereocenters. The van der Waals surface area contributed by atoms with Gasteiger partial charge in [0.1, 0.15) is 0 Å². The van der Waals surface area contributed by atoms with Crippen molar-refractivity contribution in [2.75, 3.05) is 5.73 Å². The summed E-state index contributed by atoms with van der Waals surface area (Å²) in [4.78, 5) is 22.3. The number of nitrogen functional groups attached to an aromatic ring is 1. The van der Waals surface area contributed by atoms with Gasteiger partial charge < -0.3 is 5.73 Å². The Bertz CT molecular complexity index is 408. The minimum absolute atomic E-state index is 0.0719. The van der Waals surface area contributed by atoms with E-state index in [-0.39, 0.29) is 11.6 Å². The van der Waals surface area contributed by atoms with Crippen molar-refractivity contribution in [2.24, 2.45) is 0 Å². The lowest BCUT2D eigenvalue weighted by molar-refractivity contribution is 0.101. The van der Waals surface area contributed by atoms with Crippen LogP contribution < -0.4 is 5.73 Å². The number of rotatable bonds is 2. The van der Waals surface area contributed by atoms with Gasteiger partial charge in [-0.1, -0.05) is 0 Å². The zero-order valence-corrected chi connectivity index (χ0v) is 8.55. The van der Waals surface area contributed by atoms with Gasteiger partial charge in [0.25, 0.3) is 0 Å². The molecule has 0 aromatic heterocycles. The number of carbonyl (C=O) groups excluding carboxylic acids is 2. The molecule has 0 saturated heterocycles. The number of carbonyl (C=O) groups is 2. The molecule has 74 valence electrons. The highest BCUT2D eigenvalue weighted by molar-refractivity contribution is 6.02. The van der Waals surface area contributed by atoms with Crippen LogP contribution in [0.1, 0.15) is 40.1 Å². The second kappa shape index (κ2) is 3.62. The molecule has 0 aliphatic rings. The minimum atomic E-state index is -0.0841. The summed E-state index contributed by atoms with van der Waals surface area (Å²) in [6.07, 6.45) is 0. The molecule has 0 unspecified atom stereocenters. The Kier molecular flexibility index (Phi) is 2.70. The van der Waals surface area contributed by atoms with Gasteiger partial charge in [-0.15, -0.1) is 0 Å². The summed E-state index contributed by atoms with van der Waals surface area (Å²) >= 11 is 0. The van der Waals surface area contributed by atoms with Crippen LogP contribution in [0.5, 0.6) is 0 Å². The molecule has 1 rings (SSSR count). The van der Waals surface area contributed by atoms with Gasteiger partial charge in [-0.25, -0.2) is 0 Å². The summed E-state index contributed by atoms with van der Waals surface area (Å²) in [6, 6.07) is 3.19. The molecule has 3 heteroatoms. The van der Waals surface area contributed by atoms with E-state index in [0.717, 1.165) is 5.56 Å². The van der Waals surface area contributed by atoms with Crippen LogP contribution in [0, 0.1) is 6.92 Å². The molecule has 3 nitrogen and oxygen atoms in total. The Balaban J connectivity index is 3.43. The van der Waals surface area contributed by atoms with E-state index >= 15 is 0 Å². The standard InChI is InChI=1S/C11H13NO2/c1-6-10(8(3)14)4-9(7(2)13)5-11(6)12/h4-5H,12H2,1-3H3. The molecule has 0 fully saturated rings. The monoisotopic (exact) mass is 191 g/mol. The Morgan fingerprint density at radius 2 is 1.71 bits per heavy atom. The zero-order chi connectivity index (χ0) is 10.9. The van der Waals surface area contributed by atoms with E-state index in [4.69, 9.17) is 5.73 Å². The molecule has 14 heavy (non-hydrogen) atoms. The number of Topliss-reactive ketones (excluding diaryl/α,β-unsaturated/α-hetero) is 2. The highest BCUT2D eigenvalue weighted by Gasteiger charge is 2.10. The quantitative estimate of drug-likeness (QED) is 0.574. The van der Waals surface area contributed by atoms with Gasteiger partial charge in [-0.3, -0.25) is 9.59 Å². The first-order valence-electron chi connectivity index (χ1n) is 4.35. The maximum absolute atomic E-state index is 11.2. The van der Waals surface area contributed by atoms with Gasteiger partial charge in [-0.05, 0) is 38.5 Å². The van der Waals surface area contributed by atoms with Crippen LogP contribution in [0.4, 0.5) is 5.69 Å². The molecule has 0 aliphatic carbocycles. The summed E-state index contributed by atoms with van der Waals surface area (Å²) < 4.78 is 0. The number of anilines is 1. The van der Waals surface area contributed by atoms with E-state index in [1.54, 1.807) is 19.1 Å². The maximum atomic E-state index is 11.2. The highest BCUT2D eigenvalue weighted by Crippen LogP contribution is 2.19. The van der Waals surface area contributed by atoms with Crippen molar-refractivity contribution in [3.8, 4) is 0 Å². The van der Waals surface area contributed by atoms with Crippen molar-refractivity contribution in [1.29, 1.82) is 0 Å². The number of hydrogen-bond donors (Lipinski definition) is 1. The molecule has 0 spiro atoms. The van der Waals surface area contributed by atoms with Gasteiger partial charge in [0.15, 0.2) is 11.6 Å². The van der Waals surface area contributed by atoms with E-state index in [9.17, 15) is 9.59 Å². The Hall–Kier alpha value is -1.64. The summed E-state index contributed by atoms with van der Waals surface area (Å²) in [5.74, 6) is -0.156. The van der Waals surface area contributed by atoms with Crippen LogP contribution >= 0.6 is 0 Å². The van der Waals surface area contributed by atoms with Crippen molar-refractivity contribution in [2.45, 2.75) is 20.8 Å². The number of hydrogen-bond acceptors (Lipinski definition) is 3. The highest BCUT2D eigenvalue weighted by atomic mass is 16.1. The van der Waals surface area contributed by atoms with Crippen molar-refractivity contribution < 1.29 is 9.59 Å². The van der Waals surface area contributed by atoms with Crippen LogP contribution in [0.15, 0.2) is 12.1 Å². The van der Waals surface area contributed by atoms with Crippen LogP contribution in [-0.4, -0.2) is 11.6 Å². The average molecular weight is 191 g/mol. The van der Waals surface area contributed by atoms with Gasteiger partial charge in [0.05, 0.1) is 0 Å². The van der Waals surface area contributed by atoms with E-state index in [1.165, 1.54) is 13.8 Å². The van der Waals surface area contributed by atoms with Crippen LogP contribution in [0.25, 0.3) is 0 Å². The molecule has 0 saturated carbocycles. The topological polar surface area (TPSA) is 60.2 Å². The van der Waals surface area contributed by atoms with Gasteiger partial charge in [0, 0.05) is 16.8 Å². The molecule has 0 aliphatic heterocycles. The Morgan fingerprint density at radius 3 is 2.14 bits per heavy atom. The summed E-state index contributed by atoms with van der Waals surface area (Å²) in [7, 11) is 0. The fourth-order valence-electron chi connectivity index (χ4n) is 1.31. The molecule has 0 bridgehead atoms. The van der Waals surface area contributed by atoms with Gasteiger partial charge >= 0.3 is 0 Å². The first-order chi connectivity index (χ1) is 6.43. The number of ketones is 2. The third kappa shape index (κ3) is 1.82. The lowest BCUT2D eigenvalue weighted by Gasteiger charge is -2.07.